The van der Waals surface area contributed by atoms with Crippen molar-refractivity contribution in [3.8, 4) is 0 Å². The summed E-state index contributed by atoms with van der Waals surface area (Å²) in [6.07, 6.45) is 5.89. The predicted molar refractivity (Wildman–Crippen MR) is 45.5 cm³/mol. The van der Waals surface area contributed by atoms with Crippen LogP contribution in [0.15, 0.2) is 17.0 Å². The van der Waals surface area contributed by atoms with Crippen LogP contribution in [0.3, 0.4) is 0 Å². The number of oxazole rings is 1. The lowest BCUT2D eigenvalue weighted by atomic mass is 9.81. The van der Waals surface area contributed by atoms with Crippen LogP contribution in [0, 0.1) is 5.92 Å². The molecule has 1 aliphatic carbocycles. The first-order valence-corrected chi connectivity index (χ1v) is 4.47. The first-order valence-electron chi connectivity index (χ1n) is 4.47. The molecule has 1 aliphatic rings. The summed E-state index contributed by atoms with van der Waals surface area (Å²) in [7, 11) is 0. The third kappa shape index (κ3) is 1.50. The second-order valence-electron chi connectivity index (χ2n) is 3.51. The molecule has 3 nitrogen and oxygen atoms in total. The number of nitrogens with zero attached hydrogens (tertiary/aromatic N) is 1. The first kappa shape index (κ1) is 7.80. The molecule has 0 bridgehead atoms. The minimum Gasteiger partial charge on any atom is -0.447 e. The molecule has 1 aromatic rings. The van der Waals surface area contributed by atoms with Crippen molar-refractivity contribution in [2.24, 2.45) is 5.92 Å². The molecule has 0 saturated heterocycles. The minimum absolute atomic E-state index is 0.690. The fourth-order valence-electron chi connectivity index (χ4n) is 1.53. The highest BCUT2D eigenvalue weighted by molar-refractivity contribution is 4.91. The number of aromatic nitrogens is 1. The van der Waals surface area contributed by atoms with Crippen LogP contribution >= 0.6 is 0 Å². The van der Waals surface area contributed by atoms with E-state index in [9.17, 15) is 0 Å². The van der Waals surface area contributed by atoms with Crippen LogP contribution in [0.1, 0.15) is 25.5 Å². The van der Waals surface area contributed by atoms with Gasteiger partial charge in [-0.25, -0.2) is 4.98 Å². The van der Waals surface area contributed by atoms with E-state index in [1.165, 1.54) is 19.2 Å². The molecule has 1 heterocycles. The van der Waals surface area contributed by atoms with Gasteiger partial charge in [0.2, 0.25) is 0 Å². The van der Waals surface area contributed by atoms with Crippen molar-refractivity contribution in [1.82, 2.24) is 10.3 Å². The van der Waals surface area contributed by atoms with E-state index in [-0.39, 0.29) is 0 Å². The second-order valence-corrected chi connectivity index (χ2v) is 3.51. The Morgan fingerprint density at radius 2 is 2.58 bits per heavy atom. The third-order valence-corrected chi connectivity index (χ3v) is 2.64. The Kier molecular flexibility index (Phi) is 2.13. The van der Waals surface area contributed by atoms with Gasteiger partial charge < -0.3 is 9.73 Å². The summed E-state index contributed by atoms with van der Waals surface area (Å²) in [4.78, 5) is 3.86. The van der Waals surface area contributed by atoms with Gasteiger partial charge in [-0.15, -0.1) is 0 Å². The van der Waals surface area contributed by atoms with Gasteiger partial charge in [-0.3, -0.25) is 0 Å². The lowest BCUT2D eigenvalue weighted by molar-refractivity contribution is 0.223. The summed E-state index contributed by atoms with van der Waals surface area (Å²) in [5.74, 6) is 1.75. The molecule has 1 aromatic heterocycles. The molecule has 2 rings (SSSR count). The Bertz CT molecular complexity index is 233. The minimum atomic E-state index is 0.690. The Balaban J connectivity index is 1.75. The van der Waals surface area contributed by atoms with Crippen LogP contribution in [0.5, 0.6) is 0 Å². The highest BCUT2D eigenvalue weighted by atomic mass is 16.3. The average molecular weight is 166 g/mol. The van der Waals surface area contributed by atoms with Gasteiger partial charge in [-0.2, -0.15) is 0 Å². The molecule has 0 spiro atoms. The van der Waals surface area contributed by atoms with Gasteiger partial charge in [0.1, 0.15) is 5.76 Å². The van der Waals surface area contributed by atoms with Crippen LogP contribution in [-0.4, -0.2) is 11.0 Å². The van der Waals surface area contributed by atoms with Crippen LogP contribution in [-0.2, 0) is 6.54 Å². The van der Waals surface area contributed by atoms with Crippen molar-refractivity contribution in [2.45, 2.75) is 32.4 Å². The molecular formula is C9H14N2O. The van der Waals surface area contributed by atoms with Crippen molar-refractivity contribution in [2.75, 3.05) is 0 Å². The topological polar surface area (TPSA) is 38.1 Å². The van der Waals surface area contributed by atoms with E-state index in [2.05, 4.69) is 17.2 Å². The molecule has 3 heteroatoms. The van der Waals surface area contributed by atoms with Gasteiger partial charge in [0.25, 0.3) is 0 Å². The van der Waals surface area contributed by atoms with E-state index >= 15 is 0 Å². The normalized spacial score (nSPS) is 28.4. The molecule has 1 N–H and O–H groups in total. The van der Waals surface area contributed by atoms with E-state index in [0.29, 0.717) is 6.04 Å². The van der Waals surface area contributed by atoms with E-state index in [1.54, 1.807) is 6.20 Å². The van der Waals surface area contributed by atoms with E-state index in [4.69, 9.17) is 4.42 Å². The summed E-state index contributed by atoms with van der Waals surface area (Å²) < 4.78 is 5.11. The number of rotatable bonds is 3. The Labute approximate surface area is 72.2 Å². The van der Waals surface area contributed by atoms with Crippen LogP contribution in [0.25, 0.3) is 0 Å². The highest BCUT2D eigenvalue weighted by Gasteiger charge is 2.25. The Hall–Kier alpha value is -0.830. The molecule has 0 radical (unpaired) electrons. The molecule has 1 fully saturated rings. The SMILES string of the molecule is CC1CCC1NCc1cnco1. The fraction of sp³-hybridized carbons (Fsp3) is 0.667. The fourth-order valence-corrected chi connectivity index (χ4v) is 1.53. The number of hydrogen-bond donors (Lipinski definition) is 1. The largest absolute Gasteiger partial charge is 0.447 e. The van der Waals surface area contributed by atoms with Crippen LogP contribution < -0.4 is 5.32 Å². The van der Waals surface area contributed by atoms with Gasteiger partial charge in [-0.05, 0) is 18.8 Å². The van der Waals surface area contributed by atoms with Gasteiger partial charge in [-0.1, -0.05) is 6.92 Å². The molecule has 2 atom stereocenters. The molecule has 2 unspecified atom stereocenters. The maximum absolute atomic E-state index is 5.11. The van der Waals surface area contributed by atoms with Gasteiger partial charge in [0.05, 0.1) is 12.7 Å². The highest BCUT2D eigenvalue weighted by Crippen LogP contribution is 2.26. The zero-order chi connectivity index (χ0) is 8.39. The molecule has 0 aromatic carbocycles. The zero-order valence-electron chi connectivity index (χ0n) is 7.29. The van der Waals surface area contributed by atoms with Crippen molar-refractivity contribution in [3.63, 3.8) is 0 Å². The van der Waals surface area contributed by atoms with E-state index in [0.717, 1.165) is 18.2 Å². The smallest absolute Gasteiger partial charge is 0.180 e. The van der Waals surface area contributed by atoms with Crippen LogP contribution in [0.2, 0.25) is 0 Å². The maximum atomic E-state index is 5.11. The standard InChI is InChI=1S/C9H14N2O/c1-7-2-3-9(7)11-5-8-4-10-6-12-8/h4,6-7,9,11H,2-3,5H2,1H3. The average Bonchev–Trinajstić information content (AvgIpc) is 2.54. The predicted octanol–water partition coefficient (Wildman–Crippen LogP) is 1.56. The molecule has 0 amide bonds. The summed E-state index contributed by atoms with van der Waals surface area (Å²) in [6.45, 7) is 3.09. The van der Waals surface area contributed by atoms with Crippen molar-refractivity contribution in [3.05, 3.63) is 18.4 Å². The molecule has 0 aliphatic heterocycles. The summed E-state index contributed by atoms with van der Waals surface area (Å²) in [5.41, 5.74) is 0. The number of hydrogen-bond acceptors (Lipinski definition) is 3. The molecule has 66 valence electrons. The van der Waals surface area contributed by atoms with Gasteiger partial charge in [0.15, 0.2) is 6.39 Å². The quantitative estimate of drug-likeness (QED) is 0.740. The van der Waals surface area contributed by atoms with Gasteiger partial charge in [0, 0.05) is 6.04 Å². The summed E-state index contributed by atoms with van der Waals surface area (Å²) >= 11 is 0. The van der Waals surface area contributed by atoms with E-state index < -0.39 is 0 Å². The molecular weight excluding hydrogens is 152 g/mol. The Morgan fingerprint density at radius 1 is 1.67 bits per heavy atom. The maximum Gasteiger partial charge on any atom is 0.180 e. The lowest BCUT2D eigenvalue weighted by Gasteiger charge is -2.34. The Morgan fingerprint density at radius 3 is 3.08 bits per heavy atom. The molecule has 12 heavy (non-hydrogen) atoms. The number of nitrogens with one attached hydrogen (secondary N) is 1. The summed E-state index contributed by atoms with van der Waals surface area (Å²) in [6, 6.07) is 0.690. The lowest BCUT2D eigenvalue weighted by Crippen LogP contribution is -2.41. The third-order valence-electron chi connectivity index (χ3n) is 2.64. The first-order chi connectivity index (χ1) is 5.86. The second kappa shape index (κ2) is 3.27. The van der Waals surface area contributed by atoms with Crippen molar-refractivity contribution in [1.29, 1.82) is 0 Å². The zero-order valence-corrected chi connectivity index (χ0v) is 7.29. The van der Waals surface area contributed by atoms with Gasteiger partial charge >= 0.3 is 0 Å². The molecule has 1 saturated carbocycles. The van der Waals surface area contributed by atoms with E-state index in [1.807, 2.05) is 0 Å². The van der Waals surface area contributed by atoms with Crippen molar-refractivity contribution >= 4 is 0 Å². The van der Waals surface area contributed by atoms with Crippen molar-refractivity contribution < 1.29 is 4.42 Å². The monoisotopic (exact) mass is 166 g/mol. The summed E-state index contributed by atoms with van der Waals surface area (Å²) in [5, 5.41) is 3.44. The van der Waals surface area contributed by atoms with Crippen LogP contribution in [0.4, 0.5) is 0 Å².